The predicted octanol–water partition coefficient (Wildman–Crippen LogP) is -7.82. The molecule has 16 nitrogen and oxygen atoms in total. The summed E-state index contributed by atoms with van der Waals surface area (Å²) in [4.78, 5) is 10.4. The number of aliphatic hydroxyl groups is 11. The molecule has 2 fully saturated rings. The molecule has 1 radical (unpaired) electrons. The van der Waals surface area contributed by atoms with Crippen LogP contribution in [-0.4, -0.2) is 168 Å². The number of hydrogen-bond acceptors (Lipinski definition) is 16. The molecular weight excluding hydrogens is 575 g/mol. The van der Waals surface area contributed by atoms with Crippen LogP contribution in [0, 0.1) is 0 Å². The Bertz CT molecular complexity index is 629. The molecule has 0 aromatic carbocycles. The van der Waals surface area contributed by atoms with E-state index in [1.165, 1.54) is 0 Å². The van der Waals surface area contributed by atoms with Crippen LogP contribution in [0.5, 0.6) is 0 Å². The molecule has 35 heavy (non-hydrogen) atoms. The van der Waals surface area contributed by atoms with Crippen LogP contribution < -0.4 is 0 Å². The van der Waals surface area contributed by atoms with Gasteiger partial charge in [0.1, 0.15) is 61.0 Å². The van der Waals surface area contributed by atoms with Gasteiger partial charge in [-0.15, -0.1) is 0 Å². The summed E-state index contributed by atoms with van der Waals surface area (Å²) >= 11 is 0. The largest absolute Gasteiger partial charge is 0.539 e. The molecule has 2 saturated heterocycles. The number of rotatable bonds is 11. The standard InChI is InChI=1S/C18H31O16.Rh/c19-1-5(21)9(23)10(24)6(22)3-31-17-16(30)14(28)12(26)8(34-17)4-32-18-15(29)13(27)11(25)7(2-20)33-18;/h5-18,20-30H,2-4H2;/q-1;/t5-,6+,7+,8+,9+,10+,11+,12+,13-,14-,15+,16+,17-,18-;/m0./s1. The topological polar surface area (TPSA) is 277 Å². The SMILES string of the molecule is O=[C-][C@H](O)[C@@H](O)[C@H](O)[C@H](O)CO[C@H]1O[C@H](CO[C@H]2O[C@H](CO)[C@@H](O)[C@H](O)[C@H]2O)[C@@H](O)[C@H](O)[C@H]1O.[Rh]. The maximum absolute atomic E-state index is 10.4. The second-order valence-electron chi connectivity index (χ2n) is 7.99. The van der Waals surface area contributed by atoms with Crippen molar-refractivity contribution < 1.29 is 99.4 Å². The van der Waals surface area contributed by atoms with E-state index in [0.29, 0.717) is 0 Å². The van der Waals surface area contributed by atoms with Gasteiger partial charge in [-0.1, -0.05) is 0 Å². The first-order valence-electron chi connectivity index (χ1n) is 10.3. The van der Waals surface area contributed by atoms with E-state index >= 15 is 0 Å². The van der Waals surface area contributed by atoms with Crippen LogP contribution in [0.15, 0.2) is 0 Å². The van der Waals surface area contributed by atoms with Gasteiger partial charge in [-0.3, -0.25) is 0 Å². The molecule has 2 rings (SSSR count). The van der Waals surface area contributed by atoms with E-state index < -0.39 is 106 Å². The zero-order valence-electron chi connectivity index (χ0n) is 18.0. The average molecular weight is 606 g/mol. The van der Waals surface area contributed by atoms with Gasteiger partial charge < -0.3 is 79.9 Å². The van der Waals surface area contributed by atoms with Gasteiger partial charge in [0.2, 0.25) is 0 Å². The first-order valence-corrected chi connectivity index (χ1v) is 10.3. The predicted molar refractivity (Wildman–Crippen MR) is 102 cm³/mol. The fourth-order valence-electron chi connectivity index (χ4n) is 3.36. The summed E-state index contributed by atoms with van der Waals surface area (Å²) in [6, 6.07) is 0. The van der Waals surface area contributed by atoms with Crippen molar-refractivity contribution in [2.24, 2.45) is 0 Å². The molecule has 14 atom stereocenters. The molecular formula is C18H31O16Rh-. The average Bonchev–Trinajstić information content (AvgIpc) is 2.84. The fraction of sp³-hybridized carbons (Fsp3) is 0.944. The zero-order valence-corrected chi connectivity index (χ0v) is 19.6. The van der Waals surface area contributed by atoms with Crippen LogP contribution in [0.25, 0.3) is 0 Å². The molecule has 0 aromatic rings. The Labute approximate surface area is 211 Å². The Balaban J connectivity index is 0.00000612. The third-order valence-corrected chi connectivity index (χ3v) is 5.56. The van der Waals surface area contributed by atoms with Crippen molar-refractivity contribution in [1.82, 2.24) is 0 Å². The van der Waals surface area contributed by atoms with Gasteiger partial charge in [0.25, 0.3) is 0 Å². The van der Waals surface area contributed by atoms with Crippen molar-refractivity contribution in [2.45, 2.75) is 85.8 Å². The van der Waals surface area contributed by atoms with E-state index in [2.05, 4.69) is 0 Å². The molecule has 0 amide bonds. The summed E-state index contributed by atoms with van der Waals surface area (Å²) in [6.07, 6.45) is -23.6. The first-order chi connectivity index (χ1) is 15.9. The monoisotopic (exact) mass is 606 g/mol. The first kappa shape index (κ1) is 32.7. The van der Waals surface area contributed by atoms with E-state index in [0.717, 1.165) is 6.29 Å². The quantitative estimate of drug-likeness (QED) is 0.0770. The second kappa shape index (κ2) is 14.6. The molecule has 11 N–H and O–H groups in total. The molecule has 2 heterocycles. The smallest absolute Gasteiger partial charge is 0.186 e. The fourth-order valence-corrected chi connectivity index (χ4v) is 3.36. The molecule has 209 valence electrons. The van der Waals surface area contributed by atoms with Crippen molar-refractivity contribution in [1.29, 1.82) is 0 Å². The molecule has 17 heteroatoms. The maximum atomic E-state index is 10.4. The van der Waals surface area contributed by atoms with Gasteiger partial charge in [0.05, 0.1) is 25.9 Å². The molecule has 0 unspecified atom stereocenters. The van der Waals surface area contributed by atoms with E-state index in [4.69, 9.17) is 24.1 Å². The van der Waals surface area contributed by atoms with Crippen LogP contribution in [0.3, 0.4) is 0 Å². The Kier molecular flexibility index (Phi) is 13.6. The molecule has 0 aromatic heterocycles. The van der Waals surface area contributed by atoms with Gasteiger partial charge in [-0.25, -0.2) is 6.29 Å². The Morgan fingerprint density at radius 1 is 0.714 bits per heavy atom. The van der Waals surface area contributed by atoms with Crippen molar-refractivity contribution in [2.75, 3.05) is 19.8 Å². The van der Waals surface area contributed by atoms with Crippen LogP contribution in [0.1, 0.15) is 0 Å². The van der Waals surface area contributed by atoms with E-state index in [1.807, 2.05) is 0 Å². The van der Waals surface area contributed by atoms with Gasteiger partial charge in [0, 0.05) is 19.5 Å². The third kappa shape index (κ3) is 7.84. The molecule has 0 aliphatic carbocycles. The van der Waals surface area contributed by atoms with E-state index in [1.54, 1.807) is 0 Å². The van der Waals surface area contributed by atoms with Crippen LogP contribution in [0.4, 0.5) is 0 Å². The summed E-state index contributed by atoms with van der Waals surface area (Å²) in [5, 5.41) is 107. The zero-order chi connectivity index (χ0) is 25.7. The summed E-state index contributed by atoms with van der Waals surface area (Å²) in [6.45, 7) is -2.15. The number of hydrogen-bond donors (Lipinski definition) is 11. The second-order valence-corrected chi connectivity index (χ2v) is 7.99. The summed E-state index contributed by atoms with van der Waals surface area (Å²) in [7, 11) is 0. The van der Waals surface area contributed by atoms with Gasteiger partial charge >= 0.3 is 0 Å². The minimum absolute atomic E-state index is 0. The normalized spacial score (nSPS) is 41.3. The Morgan fingerprint density at radius 2 is 1.20 bits per heavy atom. The van der Waals surface area contributed by atoms with Crippen molar-refractivity contribution in [3.05, 3.63) is 0 Å². The van der Waals surface area contributed by atoms with Crippen molar-refractivity contribution in [3.63, 3.8) is 0 Å². The molecule has 0 spiro atoms. The minimum Gasteiger partial charge on any atom is -0.539 e. The summed E-state index contributed by atoms with van der Waals surface area (Å²) < 4.78 is 20.8. The Hall–Kier alpha value is -0.307. The van der Waals surface area contributed by atoms with E-state index in [-0.39, 0.29) is 19.5 Å². The number of carbonyl (C=O) groups excluding carboxylic acids is 1. The van der Waals surface area contributed by atoms with Crippen molar-refractivity contribution >= 4 is 6.29 Å². The van der Waals surface area contributed by atoms with Gasteiger partial charge in [-0.05, 0) is 6.10 Å². The van der Waals surface area contributed by atoms with Crippen LogP contribution >= 0.6 is 0 Å². The number of ether oxygens (including phenoxy) is 4. The number of aliphatic hydroxyl groups excluding tert-OH is 11. The molecule has 0 saturated carbocycles. The molecule has 2 aliphatic heterocycles. The maximum Gasteiger partial charge on any atom is 0.186 e. The summed E-state index contributed by atoms with van der Waals surface area (Å²) in [5.74, 6) is 0. The Morgan fingerprint density at radius 3 is 1.71 bits per heavy atom. The summed E-state index contributed by atoms with van der Waals surface area (Å²) in [5.41, 5.74) is 0. The van der Waals surface area contributed by atoms with E-state index in [9.17, 15) is 55.9 Å². The van der Waals surface area contributed by atoms with Crippen molar-refractivity contribution in [3.8, 4) is 0 Å². The van der Waals surface area contributed by atoms with Gasteiger partial charge in [-0.2, -0.15) is 0 Å². The van der Waals surface area contributed by atoms with Crippen LogP contribution in [-0.2, 0) is 43.2 Å². The molecule has 2 aliphatic rings. The minimum atomic E-state index is -2.11. The van der Waals surface area contributed by atoms with Gasteiger partial charge in [0.15, 0.2) is 12.6 Å². The molecule has 0 bridgehead atoms. The van der Waals surface area contributed by atoms with Crippen LogP contribution in [0.2, 0.25) is 0 Å². The third-order valence-electron chi connectivity index (χ3n) is 5.56.